The highest BCUT2D eigenvalue weighted by atomic mass is 16.6. The second-order valence-electron chi connectivity index (χ2n) is 8.72. The highest BCUT2D eigenvalue weighted by Crippen LogP contribution is 2.36. The summed E-state index contributed by atoms with van der Waals surface area (Å²) in [5.41, 5.74) is -0.408. The maximum atomic E-state index is 12.5. The zero-order valence-electron chi connectivity index (χ0n) is 15.7. The maximum absolute atomic E-state index is 12.5. The zero-order valence-corrected chi connectivity index (χ0v) is 15.7. The average Bonchev–Trinajstić information content (AvgIpc) is 3.03. The fourth-order valence-corrected chi connectivity index (χ4v) is 4.04. The van der Waals surface area contributed by atoms with Crippen molar-refractivity contribution in [2.75, 3.05) is 13.1 Å². The quantitative estimate of drug-likeness (QED) is 0.824. The van der Waals surface area contributed by atoms with Gasteiger partial charge in [0.15, 0.2) is 0 Å². The van der Waals surface area contributed by atoms with Crippen LogP contribution in [0, 0.1) is 11.8 Å². The highest BCUT2D eigenvalue weighted by molar-refractivity contribution is 5.69. The molecule has 23 heavy (non-hydrogen) atoms. The van der Waals surface area contributed by atoms with Gasteiger partial charge >= 0.3 is 6.09 Å². The Balaban J connectivity index is 1.93. The summed E-state index contributed by atoms with van der Waals surface area (Å²) >= 11 is 0. The van der Waals surface area contributed by atoms with Gasteiger partial charge in [-0.15, -0.1) is 0 Å². The van der Waals surface area contributed by atoms with Gasteiger partial charge in [0.2, 0.25) is 0 Å². The molecule has 3 unspecified atom stereocenters. The highest BCUT2D eigenvalue weighted by Gasteiger charge is 2.41. The minimum absolute atomic E-state index is 0.118. The first kappa shape index (κ1) is 18.6. The molecule has 4 heteroatoms. The number of amides is 1. The van der Waals surface area contributed by atoms with Crippen LogP contribution in [-0.4, -0.2) is 41.8 Å². The summed E-state index contributed by atoms with van der Waals surface area (Å²) in [6.07, 6.45) is 7.12. The summed E-state index contributed by atoms with van der Waals surface area (Å²) in [5.74, 6) is 1.34. The lowest BCUT2D eigenvalue weighted by Crippen LogP contribution is -2.47. The standard InChI is InChI=1S/C19H36N2O2/c1-14(2)11-12-20-16-9-6-8-15(16)17-10-7-13-21(17)18(22)23-19(3,4)5/h14-17,20H,6-13H2,1-5H3. The van der Waals surface area contributed by atoms with Gasteiger partial charge in [0.1, 0.15) is 5.60 Å². The second kappa shape index (κ2) is 7.87. The molecule has 1 amide bonds. The van der Waals surface area contributed by atoms with E-state index in [1.807, 2.05) is 25.7 Å². The number of nitrogens with one attached hydrogen (secondary N) is 1. The number of carbonyl (C=O) groups is 1. The normalized spacial score (nSPS) is 28.6. The summed E-state index contributed by atoms with van der Waals surface area (Å²) in [7, 11) is 0. The van der Waals surface area contributed by atoms with Crippen molar-refractivity contribution in [3.8, 4) is 0 Å². The van der Waals surface area contributed by atoms with Crippen LogP contribution < -0.4 is 5.32 Å². The number of likely N-dealkylation sites (tertiary alicyclic amines) is 1. The second-order valence-corrected chi connectivity index (χ2v) is 8.72. The molecule has 0 aromatic carbocycles. The minimum Gasteiger partial charge on any atom is -0.444 e. The Morgan fingerprint density at radius 1 is 1.22 bits per heavy atom. The van der Waals surface area contributed by atoms with Crippen molar-refractivity contribution < 1.29 is 9.53 Å². The van der Waals surface area contributed by atoms with E-state index >= 15 is 0 Å². The Hall–Kier alpha value is -0.770. The number of ether oxygens (including phenoxy) is 1. The van der Waals surface area contributed by atoms with Crippen molar-refractivity contribution in [3.63, 3.8) is 0 Å². The Kier molecular flexibility index (Phi) is 6.35. The summed E-state index contributed by atoms with van der Waals surface area (Å²) < 4.78 is 5.63. The third kappa shape index (κ3) is 5.37. The number of rotatable bonds is 5. The Labute approximate surface area is 142 Å². The van der Waals surface area contributed by atoms with Gasteiger partial charge in [-0.2, -0.15) is 0 Å². The molecule has 1 saturated heterocycles. The summed E-state index contributed by atoms with van der Waals surface area (Å²) in [6.45, 7) is 12.3. The lowest BCUT2D eigenvalue weighted by atomic mass is 9.92. The smallest absolute Gasteiger partial charge is 0.410 e. The van der Waals surface area contributed by atoms with Crippen LogP contribution in [0.5, 0.6) is 0 Å². The van der Waals surface area contributed by atoms with Gasteiger partial charge in [-0.05, 0) is 71.3 Å². The molecule has 1 aliphatic carbocycles. The monoisotopic (exact) mass is 324 g/mol. The molecule has 1 heterocycles. The fraction of sp³-hybridized carbons (Fsp3) is 0.947. The molecule has 0 aromatic rings. The number of hydrogen-bond donors (Lipinski definition) is 1. The molecule has 1 N–H and O–H groups in total. The van der Waals surface area contributed by atoms with Crippen LogP contribution in [0.15, 0.2) is 0 Å². The predicted octanol–water partition coefficient (Wildman–Crippen LogP) is 4.19. The molecule has 0 spiro atoms. The summed E-state index contributed by atoms with van der Waals surface area (Å²) in [5, 5.41) is 3.77. The first-order chi connectivity index (χ1) is 10.8. The van der Waals surface area contributed by atoms with E-state index in [-0.39, 0.29) is 6.09 Å². The molecule has 1 saturated carbocycles. The molecular weight excluding hydrogens is 288 g/mol. The minimum atomic E-state index is -0.408. The molecule has 2 aliphatic rings. The van der Waals surface area contributed by atoms with E-state index in [0.29, 0.717) is 18.0 Å². The van der Waals surface area contributed by atoms with E-state index in [1.54, 1.807) is 0 Å². The topological polar surface area (TPSA) is 41.6 Å². The number of hydrogen-bond acceptors (Lipinski definition) is 3. The predicted molar refractivity (Wildman–Crippen MR) is 94.5 cm³/mol. The Morgan fingerprint density at radius 3 is 2.61 bits per heavy atom. The van der Waals surface area contributed by atoms with Gasteiger partial charge in [0, 0.05) is 18.6 Å². The van der Waals surface area contributed by atoms with Crippen LogP contribution in [0.25, 0.3) is 0 Å². The van der Waals surface area contributed by atoms with E-state index in [1.165, 1.54) is 25.7 Å². The molecule has 1 aliphatic heterocycles. The van der Waals surface area contributed by atoms with Crippen LogP contribution >= 0.6 is 0 Å². The zero-order chi connectivity index (χ0) is 17.0. The van der Waals surface area contributed by atoms with Gasteiger partial charge in [-0.3, -0.25) is 0 Å². The molecule has 0 radical (unpaired) electrons. The van der Waals surface area contributed by atoms with Crippen LogP contribution in [0.1, 0.15) is 73.1 Å². The molecular formula is C19H36N2O2. The molecule has 134 valence electrons. The van der Waals surface area contributed by atoms with Crippen molar-refractivity contribution in [1.82, 2.24) is 10.2 Å². The SMILES string of the molecule is CC(C)CCNC1CCCC1C1CCCN1C(=O)OC(C)(C)C. The third-order valence-electron chi connectivity index (χ3n) is 5.12. The lowest BCUT2D eigenvalue weighted by molar-refractivity contribution is 0.0167. The molecule has 4 nitrogen and oxygen atoms in total. The van der Waals surface area contributed by atoms with E-state index in [2.05, 4.69) is 19.2 Å². The maximum Gasteiger partial charge on any atom is 0.410 e. The molecule has 0 aromatic heterocycles. The molecule has 2 rings (SSSR count). The lowest BCUT2D eigenvalue weighted by Gasteiger charge is -2.34. The van der Waals surface area contributed by atoms with Gasteiger partial charge in [0.05, 0.1) is 0 Å². The summed E-state index contributed by atoms with van der Waals surface area (Å²) in [6, 6.07) is 0.936. The van der Waals surface area contributed by atoms with E-state index in [4.69, 9.17) is 4.74 Å². The van der Waals surface area contributed by atoms with Gasteiger partial charge in [0.25, 0.3) is 0 Å². The first-order valence-corrected chi connectivity index (χ1v) is 9.51. The van der Waals surface area contributed by atoms with Crippen LogP contribution in [-0.2, 0) is 4.74 Å². The van der Waals surface area contributed by atoms with Crippen molar-refractivity contribution >= 4 is 6.09 Å². The van der Waals surface area contributed by atoms with E-state index in [0.717, 1.165) is 31.8 Å². The van der Waals surface area contributed by atoms with Crippen molar-refractivity contribution in [3.05, 3.63) is 0 Å². The van der Waals surface area contributed by atoms with Crippen LogP contribution in [0.4, 0.5) is 4.79 Å². The van der Waals surface area contributed by atoms with Crippen LogP contribution in [0.3, 0.4) is 0 Å². The fourth-order valence-electron chi connectivity index (χ4n) is 4.04. The van der Waals surface area contributed by atoms with Crippen LogP contribution in [0.2, 0.25) is 0 Å². The summed E-state index contributed by atoms with van der Waals surface area (Å²) in [4.78, 5) is 14.5. The molecule has 0 bridgehead atoms. The molecule has 3 atom stereocenters. The van der Waals surface area contributed by atoms with Gasteiger partial charge in [-0.25, -0.2) is 4.79 Å². The molecule has 2 fully saturated rings. The van der Waals surface area contributed by atoms with E-state index < -0.39 is 5.60 Å². The van der Waals surface area contributed by atoms with E-state index in [9.17, 15) is 4.79 Å². The first-order valence-electron chi connectivity index (χ1n) is 9.51. The number of carbonyl (C=O) groups excluding carboxylic acids is 1. The third-order valence-corrected chi connectivity index (χ3v) is 5.12. The largest absolute Gasteiger partial charge is 0.444 e. The Bertz CT molecular complexity index is 389. The van der Waals surface area contributed by atoms with Crippen molar-refractivity contribution in [2.45, 2.75) is 90.8 Å². The number of nitrogens with zero attached hydrogens (tertiary/aromatic N) is 1. The van der Waals surface area contributed by atoms with Gasteiger partial charge in [-0.1, -0.05) is 20.3 Å². The van der Waals surface area contributed by atoms with Gasteiger partial charge < -0.3 is 15.0 Å². The Morgan fingerprint density at radius 2 is 1.96 bits per heavy atom. The van der Waals surface area contributed by atoms with Crippen molar-refractivity contribution in [2.24, 2.45) is 11.8 Å². The van der Waals surface area contributed by atoms with Crippen molar-refractivity contribution in [1.29, 1.82) is 0 Å². The average molecular weight is 325 g/mol.